The number of fused-ring (bicyclic) bond motifs is 1. The van der Waals surface area contributed by atoms with E-state index >= 15 is 0 Å². The highest BCUT2D eigenvalue weighted by Crippen LogP contribution is 2.63. The molecular weight excluding hydrogens is 288 g/mol. The van der Waals surface area contributed by atoms with Crippen LogP contribution in [0.25, 0.3) is 0 Å². The third-order valence-electron chi connectivity index (χ3n) is 6.56. The third kappa shape index (κ3) is 2.16. The molecule has 124 valence electrons. The van der Waals surface area contributed by atoms with E-state index < -0.39 is 0 Å². The maximum atomic E-state index is 12.8. The van der Waals surface area contributed by atoms with Gasteiger partial charge in [-0.1, -0.05) is 32.8 Å². The SMILES string of the molecule is CC1=CC(=O)[C@H]2C(C)(C)CCC[C@]2(C)[C@H]1[C@H]1O[C@H]1c1ccoc1. The van der Waals surface area contributed by atoms with E-state index in [0.717, 1.165) is 18.4 Å². The molecule has 0 spiro atoms. The number of hydrogen-bond donors (Lipinski definition) is 0. The number of ether oxygens (including phenoxy) is 1. The van der Waals surface area contributed by atoms with Crippen molar-refractivity contribution in [2.45, 2.75) is 59.2 Å². The molecular formula is C20H26O3. The van der Waals surface area contributed by atoms with Crippen molar-refractivity contribution in [3.8, 4) is 0 Å². The van der Waals surface area contributed by atoms with E-state index in [0.29, 0.717) is 11.7 Å². The first-order valence-electron chi connectivity index (χ1n) is 8.74. The fourth-order valence-corrected chi connectivity index (χ4v) is 5.79. The number of rotatable bonds is 2. The zero-order chi connectivity index (χ0) is 16.4. The molecule has 3 heteroatoms. The largest absolute Gasteiger partial charge is 0.472 e. The highest BCUT2D eigenvalue weighted by molar-refractivity contribution is 5.95. The van der Waals surface area contributed by atoms with Crippen molar-refractivity contribution in [1.29, 1.82) is 0 Å². The van der Waals surface area contributed by atoms with E-state index in [2.05, 4.69) is 27.7 Å². The van der Waals surface area contributed by atoms with Crippen molar-refractivity contribution < 1.29 is 13.9 Å². The van der Waals surface area contributed by atoms with Crippen LogP contribution in [0.1, 0.15) is 58.6 Å². The molecule has 1 aliphatic heterocycles. The molecule has 1 aromatic rings. The van der Waals surface area contributed by atoms with Crippen molar-refractivity contribution in [1.82, 2.24) is 0 Å². The van der Waals surface area contributed by atoms with Crippen molar-refractivity contribution in [2.24, 2.45) is 22.7 Å². The second-order valence-corrected chi connectivity index (χ2v) is 8.63. The summed E-state index contributed by atoms with van der Waals surface area (Å²) in [5.41, 5.74) is 2.39. The Hall–Kier alpha value is -1.35. The van der Waals surface area contributed by atoms with Crippen LogP contribution >= 0.6 is 0 Å². The molecule has 0 bridgehead atoms. The van der Waals surface area contributed by atoms with Crippen LogP contribution in [0.2, 0.25) is 0 Å². The van der Waals surface area contributed by atoms with Crippen LogP contribution in [0.5, 0.6) is 0 Å². The predicted octanol–water partition coefficient (Wildman–Crippen LogP) is 4.70. The highest BCUT2D eigenvalue weighted by atomic mass is 16.6. The quantitative estimate of drug-likeness (QED) is 0.743. The van der Waals surface area contributed by atoms with Crippen LogP contribution in [-0.4, -0.2) is 11.9 Å². The lowest BCUT2D eigenvalue weighted by atomic mass is 9.47. The van der Waals surface area contributed by atoms with Gasteiger partial charge in [0.15, 0.2) is 5.78 Å². The molecule has 2 aliphatic carbocycles. The first-order valence-corrected chi connectivity index (χ1v) is 8.74. The highest BCUT2D eigenvalue weighted by Gasteiger charge is 2.61. The molecule has 0 amide bonds. The van der Waals surface area contributed by atoms with E-state index in [1.165, 1.54) is 12.0 Å². The van der Waals surface area contributed by atoms with Crippen molar-refractivity contribution in [3.05, 3.63) is 35.8 Å². The summed E-state index contributed by atoms with van der Waals surface area (Å²) in [4.78, 5) is 12.8. The fraction of sp³-hybridized carbons (Fsp3) is 0.650. The third-order valence-corrected chi connectivity index (χ3v) is 6.56. The second kappa shape index (κ2) is 4.83. The van der Waals surface area contributed by atoms with Gasteiger partial charge in [0.25, 0.3) is 0 Å². The van der Waals surface area contributed by atoms with Gasteiger partial charge in [-0.25, -0.2) is 0 Å². The van der Waals surface area contributed by atoms with Crippen molar-refractivity contribution >= 4 is 5.78 Å². The smallest absolute Gasteiger partial charge is 0.159 e. The standard InChI is InChI=1S/C20H26O3/c1-12-10-14(21)18-19(2,3)7-5-8-20(18,4)15(12)17-16(23-17)13-6-9-22-11-13/h6,9-11,15-18H,5,7-8H2,1-4H3/t15-,16+,17-,18+,20-/m1/s1. The molecule has 0 unspecified atom stereocenters. The molecule has 1 saturated heterocycles. The van der Waals surface area contributed by atoms with E-state index in [4.69, 9.17) is 9.15 Å². The lowest BCUT2D eigenvalue weighted by molar-refractivity contribution is -0.137. The Bertz CT molecular complexity index is 654. The van der Waals surface area contributed by atoms with E-state index in [1.54, 1.807) is 12.5 Å². The van der Waals surface area contributed by atoms with E-state index in [9.17, 15) is 4.79 Å². The maximum Gasteiger partial charge on any atom is 0.159 e. The minimum Gasteiger partial charge on any atom is -0.472 e. The molecule has 1 saturated carbocycles. The lowest BCUT2D eigenvalue weighted by Gasteiger charge is -2.55. The summed E-state index contributed by atoms with van der Waals surface area (Å²) in [6.45, 7) is 8.96. The molecule has 1 aromatic heterocycles. The van der Waals surface area contributed by atoms with Gasteiger partial charge in [0.05, 0.1) is 18.6 Å². The monoisotopic (exact) mass is 314 g/mol. The Kier molecular flexibility index (Phi) is 3.19. The normalized spacial score (nSPS) is 42.1. The lowest BCUT2D eigenvalue weighted by Crippen LogP contribution is -2.53. The van der Waals surface area contributed by atoms with Gasteiger partial charge >= 0.3 is 0 Å². The van der Waals surface area contributed by atoms with Gasteiger partial charge in [-0.3, -0.25) is 4.79 Å². The van der Waals surface area contributed by atoms with Crippen molar-refractivity contribution in [2.75, 3.05) is 0 Å². The molecule has 0 N–H and O–H groups in total. The van der Waals surface area contributed by atoms with Gasteiger partial charge in [0.2, 0.25) is 0 Å². The van der Waals surface area contributed by atoms with Gasteiger partial charge in [-0.05, 0) is 42.7 Å². The van der Waals surface area contributed by atoms with Gasteiger partial charge in [-0.15, -0.1) is 0 Å². The second-order valence-electron chi connectivity index (χ2n) is 8.63. The number of carbonyl (C=O) groups is 1. The topological polar surface area (TPSA) is 42.7 Å². The Labute approximate surface area is 138 Å². The van der Waals surface area contributed by atoms with Crippen LogP contribution in [0.4, 0.5) is 0 Å². The van der Waals surface area contributed by atoms with Crippen LogP contribution < -0.4 is 0 Å². The Morgan fingerprint density at radius 3 is 2.70 bits per heavy atom. The first kappa shape index (κ1) is 15.2. The summed E-state index contributed by atoms with van der Waals surface area (Å²) in [5, 5.41) is 0. The Balaban J connectivity index is 1.71. The summed E-state index contributed by atoms with van der Waals surface area (Å²) < 4.78 is 11.3. The summed E-state index contributed by atoms with van der Waals surface area (Å²) >= 11 is 0. The Morgan fingerprint density at radius 1 is 1.22 bits per heavy atom. The zero-order valence-corrected chi connectivity index (χ0v) is 14.5. The number of carbonyl (C=O) groups excluding carboxylic acids is 1. The molecule has 0 aromatic carbocycles. The van der Waals surface area contributed by atoms with Crippen molar-refractivity contribution in [3.63, 3.8) is 0 Å². The maximum absolute atomic E-state index is 12.8. The number of allylic oxidation sites excluding steroid dienone is 1. The number of ketones is 1. The van der Waals surface area contributed by atoms with Crippen LogP contribution in [0, 0.1) is 22.7 Å². The molecule has 3 aliphatic rings. The average Bonchev–Trinajstić information content (AvgIpc) is 3.00. The summed E-state index contributed by atoms with van der Waals surface area (Å²) in [6.07, 6.45) is 9.13. The van der Waals surface area contributed by atoms with E-state index in [-0.39, 0.29) is 29.0 Å². The van der Waals surface area contributed by atoms with Gasteiger partial charge in [-0.2, -0.15) is 0 Å². The molecule has 23 heavy (non-hydrogen) atoms. The molecule has 2 heterocycles. The van der Waals surface area contributed by atoms with Gasteiger partial charge in [0, 0.05) is 17.4 Å². The minimum atomic E-state index is 0.000813. The van der Waals surface area contributed by atoms with Crippen LogP contribution in [0.3, 0.4) is 0 Å². The number of hydrogen-bond acceptors (Lipinski definition) is 3. The average molecular weight is 314 g/mol. The summed E-state index contributed by atoms with van der Waals surface area (Å²) in [6, 6.07) is 1.99. The van der Waals surface area contributed by atoms with E-state index in [1.807, 2.05) is 12.1 Å². The molecule has 2 fully saturated rings. The fourth-order valence-electron chi connectivity index (χ4n) is 5.79. The summed E-state index contributed by atoms with van der Waals surface area (Å²) in [5.74, 6) is 0.753. The molecule has 0 radical (unpaired) electrons. The van der Waals surface area contributed by atoms with Crippen LogP contribution in [-0.2, 0) is 9.53 Å². The van der Waals surface area contributed by atoms with Gasteiger partial charge in [0.1, 0.15) is 6.10 Å². The number of epoxide rings is 1. The zero-order valence-electron chi connectivity index (χ0n) is 14.5. The first-order chi connectivity index (χ1) is 10.8. The molecule has 5 atom stereocenters. The summed E-state index contributed by atoms with van der Waals surface area (Å²) in [7, 11) is 0. The predicted molar refractivity (Wildman–Crippen MR) is 87.8 cm³/mol. The number of furan rings is 1. The molecule has 4 rings (SSSR count). The van der Waals surface area contributed by atoms with Crippen LogP contribution in [0.15, 0.2) is 34.7 Å². The Morgan fingerprint density at radius 2 is 2.00 bits per heavy atom. The molecule has 3 nitrogen and oxygen atoms in total. The minimum absolute atomic E-state index is 0.000813. The van der Waals surface area contributed by atoms with Gasteiger partial charge < -0.3 is 9.15 Å².